The molecule has 0 fully saturated rings. The minimum atomic E-state index is -5.73. The molecule has 0 amide bonds. The smallest absolute Gasteiger partial charge is 0.191 e. The van der Waals surface area contributed by atoms with E-state index in [0.717, 1.165) is 12.1 Å². The normalized spacial score (nSPS) is 12.1. The van der Waals surface area contributed by atoms with Crippen LogP contribution in [0.25, 0.3) is 10.4 Å². The lowest BCUT2D eigenvalue weighted by Gasteiger charge is -2.21. The van der Waals surface area contributed by atoms with Crippen LogP contribution in [-0.2, 0) is 5.92 Å². The molecular weight excluding hydrogens is 233 g/mol. The maximum absolute atomic E-state index is 12.9. The number of halogens is 5. The monoisotopic (exact) mass is 237 g/mol. The van der Waals surface area contributed by atoms with Gasteiger partial charge in [0.05, 0.1) is 0 Å². The Labute approximate surface area is 86.1 Å². The fourth-order valence-corrected chi connectivity index (χ4v) is 1.03. The van der Waals surface area contributed by atoms with Gasteiger partial charge in [0.2, 0.25) is 0 Å². The highest BCUT2D eigenvalue weighted by Gasteiger charge is 2.59. The van der Waals surface area contributed by atoms with E-state index in [2.05, 4.69) is 10.0 Å². The molecule has 16 heavy (non-hydrogen) atoms. The van der Waals surface area contributed by atoms with Gasteiger partial charge in [0.15, 0.2) is 0 Å². The summed E-state index contributed by atoms with van der Waals surface area (Å²) in [6.07, 6.45) is -5.73. The summed E-state index contributed by atoms with van der Waals surface area (Å²) in [6, 6.07) is 3.65. The van der Waals surface area contributed by atoms with Gasteiger partial charge in [-0.15, -0.1) is 0 Å². The molecule has 0 aliphatic rings. The van der Waals surface area contributed by atoms with Crippen molar-refractivity contribution in [2.75, 3.05) is 0 Å². The quantitative estimate of drug-likeness (QED) is 0.319. The second-order valence-electron chi connectivity index (χ2n) is 2.78. The van der Waals surface area contributed by atoms with Crippen molar-refractivity contribution in [1.29, 1.82) is 0 Å². The molecule has 0 atom stereocenters. The van der Waals surface area contributed by atoms with Crippen molar-refractivity contribution in [3.8, 4) is 0 Å². The zero-order valence-electron chi connectivity index (χ0n) is 7.54. The number of rotatable bonds is 2. The Hall–Kier alpha value is -1.82. The van der Waals surface area contributed by atoms with Crippen molar-refractivity contribution in [2.45, 2.75) is 12.1 Å². The Morgan fingerprint density at radius 1 is 1.06 bits per heavy atom. The summed E-state index contributed by atoms with van der Waals surface area (Å²) in [4.78, 5) is 2.19. The fraction of sp³-hybridized carbons (Fsp3) is 0.250. The van der Waals surface area contributed by atoms with Crippen molar-refractivity contribution in [3.63, 3.8) is 0 Å². The van der Waals surface area contributed by atoms with Gasteiger partial charge in [-0.25, -0.2) is 0 Å². The van der Waals surface area contributed by atoms with E-state index in [4.69, 9.17) is 5.53 Å². The predicted molar refractivity (Wildman–Crippen MR) is 45.2 cm³/mol. The van der Waals surface area contributed by atoms with Crippen LogP contribution in [0.3, 0.4) is 0 Å². The summed E-state index contributed by atoms with van der Waals surface area (Å²) in [7, 11) is 0. The highest BCUT2D eigenvalue weighted by molar-refractivity contribution is 5.48. The highest BCUT2D eigenvalue weighted by Crippen LogP contribution is 2.46. The van der Waals surface area contributed by atoms with E-state index in [9.17, 15) is 22.0 Å². The Kier molecular flexibility index (Phi) is 3.04. The standard InChI is InChI=1S/C8H4F5N3/c9-7(10,8(11,12)13)5-3-1-2-4-6(5)15-16-14/h1-4H. The second kappa shape index (κ2) is 3.97. The zero-order chi connectivity index (χ0) is 12.4. The van der Waals surface area contributed by atoms with Gasteiger partial charge < -0.3 is 0 Å². The number of nitrogens with zero attached hydrogens (tertiary/aromatic N) is 3. The Bertz CT molecular complexity index is 434. The molecule has 0 N–H and O–H groups in total. The minimum Gasteiger partial charge on any atom is -0.191 e. The summed E-state index contributed by atoms with van der Waals surface area (Å²) in [6.45, 7) is 0. The molecule has 0 spiro atoms. The van der Waals surface area contributed by atoms with E-state index >= 15 is 0 Å². The molecule has 3 nitrogen and oxygen atoms in total. The Morgan fingerprint density at radius 2 is 1.62 bits per heavy atom. The van der Waals surface area contributed by atoms with E-state index in [0.29, 0.717) is 6.07 Å². The molecule has 0 aromatic heterocycles. The van der Waals surface area contributed by atoms with Crippen LogP contribution in [0.1, 0.15) is 5.56 Å². The van der Waals surface area contributed by atoms with Crippen LogP contribution in [0.4, 0.5) is 27.6 Å². The fourth-order valence-electron chi connectivity index (χ4n) is 1.03. The van der Waals surface area contributed by atoms with Gasteiger partial charge >= 0.3 is 12.1 Å². The predicted octanol–water partition coefficient (Wildman–Crippen LogP) is 4.28. The van der Waals surface area contributed by atoms with Crippen molar-refractivity contribution in [3.05, 3.63) is 40.3 Å². The summed E-state index contributed by atoms with van der Waals surface area (Å²) in [5.74, 6) is -5.04. The third-order valence-electron chi connectivity index (χ3n) is 1.75. The summed E-state index contributed by atoms with van der Waals surface area (Å²) in [5, 5.41) is 2.79. The van der Waals surface area contributed by atoms with Crippen molar-refractivity contribution in [2.24, 2.45) is 5.11 Å². The molecule has 0 saturated carbocycles. The van der Waals surface area contributed by atoms with E-state index in [1.165, 1.54) is 6.07 Å². The van der Waals surface area contributed by atoms with Crippen molar-refractivity contribution >= 4 is 5.69 Å². The first-order valence-electron chi connectivity index (χ1n) is 3.90. The van der Waals surface area contributed by atoms with E-state index in [-0.39, 0.29) is 0 Å². The molecule has 0 aliphatic carbocycles. The summed E-state index contributed by atoms with van der Waals surface area (Å²) < 4.78 is 62.0. The van der Waals surface area contributed by atoms with Gasteiger partial charge in [0, 0.05) is 16.2 Å². The van der Waals surface area contributed by atoms with Crippen LogP contribution in [0.5, 0.6) is 0 Å². The number of hydrogen-bond donors (Lipinski definition) is 0. The lowest BCUT2D eigenvalue weighted by Crippen LogP contribution is -2.33. The maximum atomic E-state index is 12.9. The molecular formula is C8H4F5N3. The molecule has 0 bridgehead atoms. The molecule has 0 unspecified atom stereocenters. The van der Waals surface area contributed by atoms with E-state index < -0.39 is 23.3 Å². The van der Waals surface area contributed by atoms with Crippen molar-refractivity contribution < 1.29 is 22.0 Å². The van der Waals surface area contributed by atoms with Gasteiger partial charge in [0.1, 0.15) is 0 Å². The Balaban J connectivity index is 3.38. The van der Waals surface area contributed by atoms with Crippen LogP contribution < -0.4 is 0 Å². The van der Waals surface area contributed by atoms with Gasteiger partial charge in [-0.2, -0.15) is 22.0 Å². The molecule has 86 valence electrons. The topological polar surface area (TPSA) is 48.8 Å². The van der Waals surface area contributed by atoms with Crippen LogP contribution in [0.2, 0.25) is 0 Å². The first-order chi connectivity index (χ1) is 7.30. The van der Waals surface area contributed by atoms with Crippen LogP contribution in [0, 0.1) is 0 Å². The van der Waals surface area contributed by atoms with Crippen LogP contribution >= 0.6 is 0 Å². The SMILES string of the molecule is [N-]=[N+]=Nc1ccccc1C(F)(F)C(F)(F)F. The van der Waals surface area contributed by atoms with Gasteiger partial charge in [-0.1, -0.05) is 29.4 Å². The summed E-state index contributed by atoms with van der Waals surface area (Å²) in [5.41, 5.74) is 5.94. The van der Waals surface area contributed by atoms with Crippen LogP contribution in [-0.4, -0.2) is 6.18 Å². The molecule has 1 aromatic carbocycles. The average Bonchev–Trinajstić information content (AvgIpc) is 2.17. The summed E-state index contributed by atoms with van der Waals surface area (Å²) >= 11 is 0. The molecule has 8 heteroatoms. The molecule has 0 heterocycles. The Morgan fingerprint density at radius 3 is 2.12 bits per heavy atom. The molecule has 0 saturated heterocycles. The largest absolute Gasteiger partial charge is 0.458 e. The van der Waals surface area contributed by atoms with Gasteiger partial charge in [-0.05, 0) is 5.53 Å². The third kappa shape index (κ3) is 2.06. The first-order valence-corrected chi connectivity index (χ1v) is 3.90. The second-order valence-corrected chi connectivity index (χ2v) is 2.78. The molecule has 1 aromatic rings. The minimum absolute atomic E-state index is 0.567. The number of azide groups is 1. The zero-order valence-corrected chi connectivity index (χ0v) is 7.54. The number of benzene rings is 1. The average molecular weight is 237 g/mol. The molecule has 0 aliphatic heterocycles. The van der Waals surface area contributed by atoms with Crippen molar-refractivity contribution in [1.82, 2.24) is 0 Å². The van der Waals surface area contributed by atoms with E-state index in [1.54, 1.807) is 0 Å². The highest BCUT2D eigenvalue weighted by atomic mass is 19.4. The lowest BCUT2D eigenvalue weighted by molar-refractivity contribution is -0.289. The number of alkyl halides is 5. The van der Waals surface area contributed by atoms with Gasteiger partial charge in [0.25, 0.3) is 0 Å². The first kappa shape index (κ1) is 12.3. The lowest BCUT2D eigenvalue weighted by atomic mass is 10.1. The maximum Gasteiger partial charge on any atom is 0.458 e. The third-order valence-corrected chi connectivity index (χ3v) is 1.75. The number of hydrogen-bond acceptors (Lipinski definition) is 1. The molecule has 0 radical (unpaired) electrons. The molecule has 1 rings (SSSR count). The van der Waals surface area contributed by atoms with Crippen LogP contribution in [0.15, 0.2) is 29.4 Å². The van der Waals surface area contributed by atoms with Gasteiger partial charge in [-0.3, -0.25) is 0 Å². The van der Waals surface area contributed by atoms with E-state index in [1.807, 2.05) is 0 Å².